The summed E-state index contributed by atoms with van der Waals surface area (Å²) in [7, 11) is 4.09. The van der Waals surface area contributed by atoms with Crippen LogP contribution in [0.3, 0.4) is 0 Å². The molecule has 0 spiro atoms. The first-order chi connectivity index (χ1) is 13.3. The highest BCUT2D eigenvalue weighted by molar-refractivity contribution is 6.30. The van der Waals surface area contributed by atoms with Gasteiger partial charge in [-0.2, -0.15) is 0 Å². The van der Waals surface area contributed by atoms with E-state index in [2.05, 4.69) is 17.0 Å². The zero-order valence-corrected chi connectivity index (χ0v) is 17.1. The van der Waals surface area contributed by atoms with Crippen LogP contribution in [0, 0.1) is 0 Å². The highest BCUT2D eigenvalue weighted by atomic mass is 35.5. The maximum Gasteiger partial charge on any atom is 0.191 e. The third-order valence-corrected chi connectivity index (χ3v) is 5.54. The van der Waals surface area contributed by atoms with Crippen molar-refractivity contribution in [2.24, 2.45) is 0 Å². The lowest BCUT2D eigenvalue weighted by atomic mass is 9.77. The normalized spacial score (nSPS) is 23.8. The Kier molecular flexibility index (Phi) is 4.80. The molecule has 3 aromatic carbocycles. The molecule has 0 aliphatic carbocycles. The van der Waals surface area contributed by atoms with E-state index in [0.29, 0.717) is 5.02 Å². The smallest absolute Gasteiger partial charge is 0.191 e. The van der Waals surface area contributed by atoms with Gasteiger partial charge in [0.05, 0.1) is 0 Å². The van der Waals surface area contributed by atoms with Gasteiger partial charge >= 0.3 is 0 Å². The molecule has 1 aliphatic rings. The molecule has 28 heavy (non-hydrogen) atoms. The van der Waals surface area contributed by atoms with Crippen LogP contribution in [-0.2, 0) is 22.7 Å². The second kappa shape index (κ2) is 7.02. The molecule has 1 N–H and O–H groups in total. The van der Waals surface area contributed by atoms with E-state index < -0.39 is 11.4 Å². The van der Waals surface area contributed by atoms with E-state index in [1.165, 1.54) is 0 Å². The summed E-state index contributed by atoms with van der Waals surface area (Å²) in [5.41, 5.74) is 3.93. The Morgan fingerprint density at radius 2 is 1.43 bits per heavy atom. The van der Waals surface area contributed by atoms with E-state index in [1.54, 1.807) is 6.92 Å². The summed E-state index contributed by atoms with van der Waals surface area (Å²) >= 11 is 6.17. The summed E-state index contributed by atoms with van der Waals surface area (Å²) < 4.78 is 6.54. The van der Waals surface area contributed by atoms with E-state index in [4.69, 9.17) is 16.3 Å². The zero-order chi connectivity index (χ0) is 19.9. The number of halogens is 1. The van der Waals surface area contributed by atoms with E-state index >= 15 is 0 Å². The Morgan fingerprint density at radius 1 is 0.857 bits per heavy atom. The maximum absolute atomic E-state index is 11.2. The second-order valence-corrected chi connectivity index (χ2v) is 8.15. The van der Waals surface area contributed by atoms with Gasteiger partial charge in [0.15, 0.2) is 5.79 Å². The molecule has 3 aromatic rings. The predicted molar refractivity (Wildman–Crippen MR) is 112 cm³/mol. The van der Waals surface area contributed by atoms with E-state index in [-0.39, 0.29) is 0 Å². The molecule has 0 fully saturated rings. The highest BCUT2D eigenvalue weighted by Crippen LogP contribution is 2.53. The molecule has 0 amide bonds. The van der Waals surface area contributed by atoms with Gasteiger partial charge in [0, 0.05) is 22.7 Å². The molecule has 4 rings (SSSR count). The summed E-state index contributed by atoms with van der Waals surface area (Å²) in [6, 6.07) is 23.8. The standard InChI is InChI=1S/C24H24ClNO2/c1-23(27)21-10-6-7-11-22(21)24(28-23,18-12-14-19(25)15-13-18)20-9-5-4-8-17(20)16-26(2)3/h4-15,27H,16H2,1-3H3. The summed E-state index contributed by atoms with van der Waals surface area (Å²) in [6.07, 6.45) is 0. The lowest BCUT2D eigenvalue weighted by Gasteiger charge is -2.35. The minimum absolute atomic E-state index is 0.665. The number of hydrogen-bond acceptors (Lipinski definition) is 3. The highest BCUT2D eigenvalue weighted by Gasteiger charge is 2.53. The van der Waals surface area contributed by atoms with Crippen LogP contribution >= 0.6 is 11.6 Å². The van der Waals surface area contributed by atoms with Crippen LogP contribution in [0.2, 0.25) is 5.02 Å². The van der Waals surface area contributed by atoms with E-state index in [1.807, 2.05) is 74.8 Å². The second-order valence-electron chi connectivity index (χ2n) is 7.71. The number of hydrogen-bond donors (Lipinski definition) is 1. The zero-order valence-electron chi connectivity index (χ0n) is 16.3. The van der Waals surface area contributed by atoms with Gasteiger partial charge in [-0.3, -0.25) is 0 Å². The number of fused-ring (bicyclic) bond motifs is 1. The van der Waals surface area contributed by atoms with E-state index in [9.17, 15) is 5.11 Å². The van der Waals surface area contributed by atoms with Crippen molar-refractivity contribution in [2.45, 2.75) is 24.9 Å². The molecular formula is C24H24ClNO2. The first-order valence-electron chi connectivity index (χ1n) is 9.36. The minimum Gasteiger partial charge on any atom is -0.362 e. The fraction of sp³-hybridized carbons (Fsp3) is 0.250. The number of nitrogens with zero attached hydrogens (tertiary/aromatic N) is 1. The fourth-order valence-electron chi connectivity index (χ4n) is 4.20. The van der Waals surface area contributed by atoms with Crippen LogP contribution in [0.1, 0.15) is 34.7 Å². The average Bonchev–Trinajstić information content (AvgIpc) is 2.91. The van der Waals surface area contributed by atoms with Crippen molar-refractivity contribution in [3.63, 3.8) is 0 Å². The molecular weight excluding hydrogens is 370 g/mol. The summed E-state index contributed by atoms with van der Waals surface area (Å²) in [5.74, 6) is -1.40. The van der Waals surface area contributed by atoms with Gasteiger partial charge in [0.25, 0.3) is 0 Å². The number of rotatable bonds is 4. The van der Waals surface area contributed by atoms with Crippen molar-refractivity contribution >= 4 is 11.6 Å². The average molecular weight is 394 g/mol. The third kappa shape index (κ3) is 3.05. The van der Waals surface area contributed by atoms with Gasteiger partial charge in [-0.05, 0) is 49.8 Å². The van der Waals surface area contributed by atoms with Gasteiger partial charge in [-0.15, -0.1) is 0 Å². The Hall–Kier alpha value is -2.17. The summed E-state index contributed by atoms with van der Waals surface area (Å²) in [5, 5.41) is 11.8. The largest absolute Gasteiger partial charge is 0.362 e. The lowest BCUT2D eigenvalue weighted by molar-refractivity contribution is -0.225. The van der Waals surface area contributed by atoms with E-state index in [0.717, 1.165) is 34.4 Å². The molecule has 1 aliphatic heterocycles. The maximum atomic E-state index is 11.2. The Bertz CT molecular complexity index is 997. The SMILES string of the molecule is CN(C)Cc1ccccc1C1(c2ccc(Cl)cc2)OC(C)(O)c2ccccc21. The third-order valence-electron chi connectivity index (χ3n) is 5.29. The fourth-order valence-corrected chi connectivity index (χ4v) is 4.33. The van der Waals surface area contributed by atoms with Gasteiger partial charge < -0.3 is 14.7 Å². The van der Waals surface area contributed by atoms with Gasteiger partial charge in [0.1, 0.15) is 5.60 Å². The number of ether oxygens (including phenoxy) is 1. The van der Waals surface area contributed by atoms with Crippen molar-refractivity contribution < 1.29 is 9.84 Å². The molecule has 0 aromatic heterocycles. The Labute approximate surface area is 171 Å². The predicted octanol–water partition coefficient (Wildman–Crippen LogP) is 4.89. The molecule has 144 valence electrons. The molecule has 2 unspecified atom stereocenters. The van der Waals surface area contributed by atoms with Gasteiger partial charge in [-0.1, -0.05) is 72.3 Å². The first kappa shape index (κ1) is 19.2. The lowest BCUT2D eigenvalue weighted by Crippen LogP contribution is -2.34. The number of benzene rings is 3. The number of aliphatic hydroxyl groups is 1. The van der Waals surface area contributed by atoms with Crippen molar-refractivity contribution in [3.8, 4) is 0 Å². The van der Waals surface area contributed by atoms with Crippen LogP contribution in [0.4, 0.5) is 0 Å². The topological polar surface area (TPSA) is 32.7 Å². The molecule has 4 heteroatoms. The van der Waals surface area contributed by atoms with Crippen molar-refractivity contribution in [3.05, 3.63) is 106 Å². The molecule has 3 nitrogen and oxygen atoms in total. The summed E-state index contributed by atoms with van der Waals surface area (Å²) in [6.45, 7) is 2.47. The molecule has 0 bridgehead atoms. The van der Waals surface area contributed by atoms with Crippen molar-refractivity contribution in [1.82, 2.24) is 4.90 Å². The quantitative estimate of drug-likeness (QED) is 0.685. The van der Waals surface area contributed by atoms with Gasteiger partial charge in [-0.25, -0.2) is 0 Å². The molecule has 0 saturated carbocycles. The minimum atomic E-state index is -1.40. The van der Waals surface area contributed by atoms with Crippen molar-refractivity contribution in [2.75, 3.05) is 14.1 Å². The van der Waals surface area contributed by atoms with Crippen LogP contribution in [-0.4, -0.2) is 24.1 Å². The van der Waals surface area contributed by atoms with Crippen LogP contribution in [0.5, 0.6) is 0 Å². The van der Waals surface area contributed by atoms with Crippen LogP contribution in [0.25, 0.3) is 0 Å². The monoisotopic (exact) mass is 393 g/mol. The molecule has 1 heterocycles. The Balaban J connectivity index is 2.05. The van der Waals surface area contributed by atoms with Crippen LogP contribution < -0.4 is 0 Å². The molecule has 0 saturated heterocycles. The van der Waals surface area contributed by atoms with Crippen molar-refractivity contribution in [1.29, 1.82) is 0 Å². The van der Waals surface area contributed by atoms with Gasteiger partial charge in [0.2, 0.25) is 0 Å². The molecule has 2 atom stereocenters. The molecule has 0 radical (unpaired) electrons. The first-order valence-corrected chi connectivity index (χ1v) is 9.74. The van der Waals surface area contributed by atoms with Crippen LogP contribution in [0.15, 0.2) is 72.8 Å². The Morgan fingerprint density at radius 3 is 2.07 bits per heavy atom. The summed E-state index contributed by atoms with van der Waals surface area (Å²) in [4.78, 5) is 2.13.